The Morgan fingerprint density at radius 3 is 2.44 bits per heavy atom. The molecule has 192 valence electrons. The lowest BCUT2D eigenvalue weighted by molar-refractivity contribution is -0.102. The van der Waals surface area contributed by atoms with Crippen LogP contribution in [0.5, 0.6) is 0 Å². The molecular weight excluding hydrogens is 444 g/mol. The van der Waals surface area contributed by atoms with Gasteiger partial charge in [-0.3, -0.25) is 0 Å². The summed E-state index contributed by atoms with van der Waals surface area (Å²) in [6.45, 7) is 14.1. The third kappa shape index (κ3) is 4.09. The van der Waals surface area contributed by atoms with E-state index < -0.39 is 13.9 Å². The summed E-state index contributed by atoms with van der Waals surface area (Å²) in [5, 5.41) is 20.9. The summed E-state index contributed by atoms with van der Waals surface area (Å²) >= 11 is 0. The van der Waals surface area contributed by atoms with Crippen LogP contribution in [0.1, 0.15) is 65.7 Å². The van der Waals surface area contributed by atoms with Gasteiger partial charge in [0.25, 0.3) is 0 Å². The number of oxime groups is 2. The molecule has 0 saturated heterocycles. The van der Waals surface area contributed by atoms with Crippen LogP contribution in [0.3, 0.4) is 0 Å². The van der Waals surface area contributed by atoms with Gasteiger partial charge in [-0.1, -0.05) is 36.7 Å². The molecule has 0 unspecified atom stereocenters. The fourth-order valence-electron chi connectivity index (χ4n) is 8.29. The van der Waals surface area contributed by atoms with Gasteiger partial charge in [-0.2, -0.15) is 0 Å². The van der Waals surface area contributed by atoms with Gasteiger partial charge in [0.2, 0.25) is 0 Å². The molecule has 0 radical (unpaired) electrons. The van der Waals surface area contributed by atoms with E-state index in [2.05, 4.69) is 56.8 Å². The Morgan fingerprint density at radius 1 is 1.09 bits per heavy atom. The molecule has 4 aliphatic rings. The number of allylic oxidation sites excluding steroid dienone is 2. The van der Waals surface area contributed by atoms with E-state index in [0.717, 1.165) is 44.2 Å². The molecular formula is C27H46N2O4Si. The molecule has 3 fully saturated rings. The topological polar surface area (TPSA) is 72.6 Å². The van der Waals surface area contributed by atoms with E-state index in [4.69, 9.17) is 14.1 Å². The summed E-state index contributed by atoms with van der Waals surface area (Å²) in [4.78, 5) is 10.3. The van der Waals surface area contributed by atoms with Gasteiger partial charge in [0, 0.05) is 5.41 Å². The fraction of sp³-hybridized carbons (Fsp3) is 0.852. The van der Waals surface area contributed by atoms with E-state index in [-0.39, 0.29) is 10.8 Å². The minimum Gasteiger partial charge on any atom is -0.412 e. The molecule has 0 spiro atoms. The van der Waals surface area contributed by atoms with Crippen molar-refractivity contribution in [2.45, 2.75) is 91.0 Å². The number of hydrogen-bond donors (Lipinski definition) is 1. The normalized spacial score (nSPS) is 43.6. The van der Waals surface area contributed by atoms with Crippen LogP contribution in [0.2, 0.25) is 19.6 Å². The monoisotopic (exact) mass is 490 g/mol. The lowest BCUT2D eigenvalue weighted by Crippen LogP contribution is -2.59. The Balaban J connectivity index is 1.64. The largest absolute Gasteiger partial charge is 0.412 e. The predicted molar refractivity (Wildman–Crippen MR) is 139 cm³/mol. The lowest BCUT2D eigenvalue weighted by Gasteiger charge is -2.60. The number of nitrogens with zero attached hydrogens (tertiary/aromatic N) is 2. The van der Waals surface area contributed by atoms with Crippen molar-refractivity contribution in [3.8, 4) is 0 Å². The lowest BCUT2D eigenvalue weighted by atomic mass is 9.44. The van der Waals surface area contributed by atoms with Gasteiger partial charge < -0.3 is 19.2 Å². The smallest absolute Gasteiger partial charge is 0.184 e. The van der Waals surface area contributed by atoms with Crippen molar-refractivity contribution in [2.24, 2.45) is 44.8 Å². The van der Waals surface area contributed by atoms with Crippen LogP contribution in [0.4, 0.5) is 0 Å². The van der Waals surface area contributed by atoms with Crippen LogP contribution in [-0.4, -0.2) is 51.3 Å². The highest BCUT2D eigenvalue weighted by Gasteiger charge is 2.66. The van der Waals surface area contributed by atoms with Gasteiger partial charge in [0.05, 0.1) is 12.3 Å². The summed E-state index contributed by atoms with van der Waals surface area (Å²) in [5.74, 6) is 2.28. The molecule has 0 amide bonds. The SMILES string of the molecule is CO/N=C1/C=C2[C@@H](C)C[C@@H]3[C@H](CC[C@@]4(C)[C@H]3CC[C@]4(O)/C(CO[Si](C)(C)C)=N/OC)[C@@]2(C)CC1. The van der Waals surface area contributed by atoms with E-state index in [9.17, 15) is 5.11 Å². The third-order valence-corrected chi connectivity index (χ3v) is 11.0. The molecule has 0 aromatic carbocycles. The first-order valence-corrected chi connectivity index (χ1v) is 16.6. The highest BCUT2D eigenvalue weighted by molar-refractivity contribution is 6.69. The molecule has 3 saturated carbocycles. The van der Waals surface area contributed by atoms with E-state index in [1.165, 1.54) is 6.42 Å². The first-order chi connectivity index (χ1) is 15.9. The van der Waals surface area contributed by atoms with Crippen LogP contribution in [0, 0.1) is 34.5 Å². The van der Waals surface area contributed by atoms with Crippen molar-refractivity contribution < 1.29 is 19.2 Å². The van der Waals surface area contributed by atoms with E-state index in [0.29, 0.717) is 36.0 Å². The zero-order chi connectivity index (χ0) is 24.9. The minimum atomic E-state index is -1.75. The molecule has 4 aliphatic carbocycles. The van der Waals surface area contributed by atoms with Gasteiger partial charge in [-0.25, -0.2) is 0 Å². The molecule has 0 bridgehead atoms. The molecule has 4 rings (SSSR count). The van der Waals surface area contributed by atoms with Crippen molar-refractivity contribution in [3.05, 3.63) is 11.6 Å². The predicted octanol–water partition coefficient (Wildman–Crippen LogP) is 5.78. The van der Waals surface area contributed by atoms with Gasteiger partial charge in [-0.05, 0) is 99.7 Å². The Morgan fingerprint density at radius 2 is 1.79 bits per heavy atom. The number of rotatable bonds is 6. The Bertz CT molecular complexity index is 880. The Labute approximate surface area is 207 Å². The Kier molecular flexibility index (Phi) is 6.88. The van der Waals surface area contributed by atoms with Crippen LogP contribution in [-0.2, 0) is 14.1 Å². The third-order valence-electron chi connectivity index (χ3n) is 9.98. The second-order valence-corrected chi connectivity index (χ2v) is 17.3. The van der Waals surface area contributed by atoms with Crippen molar-refractivity contribution in [2.75, 3.05) is 20.8 Å². The quantitative estimate of drug-likeness (QED) is 0.291. The standard InChI is InChI=1S/C27H46N2O4Si/c1-18-15-20-21(25(2)12-9-19(28-31-4)16-23(18)25)10-13-26(3)22(20)11-14-27(26,30)24(29-32-5)17-33-34(6,7)8/h16,18,20-22,30H,9-15,17H2,1-8H3/b28-19+,29-24+/t18-,20+,21-,22-,25+,26-,27-/m0/s1. The maximum Gasteiger partial charge on any atom is 0.184 e. The average Bonchev–Trinajstić information content (AvgIpc) is 3.03. The maximum atomic E-state index is 12.3. The summed E-state index contributed by atoms with van der Waals surface area (Å²) in [5.41, 5.74) is 2.37. The number of fused-ring (bicyclic) bond motifs is 5. The van der Waals surface area contributed by atoms with Crippen molar-refractivity contribution >= 4 is 19.7 Å². The summed E-state index contributed by atoms with van der Waals surface area (Å²) < 4.78 is 6.23. The Hall–Kier alpha value is -1.18. The molecule has 0 aliphatic heterocycles. The van der Waals surface area contributed by atoms with Gasteiger partial charge in [0.15, 0.2) is 8.32 Å². The summed E-state index contributed by atoms with van der Waals surface area (Å²) in [7, 11) is 1.46. The van der Waals surface area contributed by atoms with Gasteiger partial charge >= 0.3 is 0 Å². The van der Waals surface area contributed by atoms with Gasteiger partial charge in [0.1, 0.15) is 25.5 Å². The maximum absolute atomic E-state index is 12.3. The minimum absolute atomic E-state index is 0.205. The summed E-state index contributed by atoms with van der Waals surface area (Å²) in [6.07, 6.45) is 9.59. The zero-order valence-electron chi connectivity index (χ0n) is 22.6. The average molecular weight is 491 g/mol. The first-order valence-electron chi connectivity index (χ1n) is 13.2. The van der Waals surface area contributed by atoms with Crippen LogP contribution < -0.4 is 0 Å². The van der Waals surface area contributed by atoms with E-state index >= 15 is 0 Å². The second-order valence-electron chi connectivity index (χ2n) is 12.8. The number of hydrogen-bond acceptors (Lipinski definition) is 6. The second kappa shape index (κ2) is 9.04. The van der Waals surface area contributed by atoms with Gasteiger partial charge in [-0.15, -0.1) is 0 Å². The first kappa shape index (κ1) is 25.9. The molecule has 7 atom stereocenters. The van der Waals surface area contributed by atoms with Crippen LogP contribution in [0.15, 0.2) is 22.0 Å². The van der Waals surface area contributed by atoms with E-state index in [1.54, 1.807) is 19.8 Å². The molecule has 7 heteroatoms. The number of aliphatic hydroxyl groups is 1. The molecule has 6 nitrogen and oxygen atoms in total. The van der Waals surface area contributed by atoms with Crippen molar-refractivity contribution in [1.29, 1.82) is 0 Å². The van der Waals surface area contributed by atoms with E-state index in [1.807, 2.05) is 0 Å². The fourth-order valence-corrected chi connectivity index (χ4v) is 8.86. The van der Waals surface area contributed by atoms with Crippen LogP contribution in [0.25, 0.3) is 0 Å². The zero-order valence-corrected chi connectivity index (χ0v) is 23.6. The highest BCUT2D eigenvalue weighted by atomic mass is 28.4. The molecule has 0 heterocycles. The molecule has 0 aromatic heterocycles. The van der Waals surface area contributed by atoms with Crippen molar-refractivity contribution in [1.82, 2.24) is 0 Å². The van der Waals surface area contributed by atoms with Crippen LogP contribution >= 0.6 is 0 Å². The molecule has 34 heavy (non-hydrogen) atoms. The molecule has 0 aromatic rings. The summed E-state index contributed by atoms with van der Waals surface area (Å²) in [6, 6.07) is 0. The molecule has 1 N–H and O–H groups in total. The highest BCUT2D eigenvalue weighted by Crippen LogP contribution is 2.68. The van der Waals surface area contributed by atoms with Crippen molar-refractivity contribution in [3.63, 3.8) is 0 Å².